The molecule has 0 atom stereocenters. The van der Waals surface area contributed by atoms with Crippen molar-refractivity contribution in [1.82, 2.24) is 15.1 Å². The normalized spacial score (nSPS) is 14.4. The molecule has 1 aliphatic heterocycles. The Morgan fingerprint density at radius 2 is 1.62 bits per heavy atom. The summed E-state index contributed by atoms with van der Waals surface area (Å²) in [5.41, 5.74) is 8.88. The van der Waals surface area contributed by atoms with Crippen molar-refractivity contribution >= 4 is 24.0 Å². The van der Waals surface area contributed by atoms with Crippen molar-refractivity contribution in [2.45, 2.75) is 0 Å². The zero-order chi connectivity index (χ0) is 12.9. The third kappa shape index (κ3) is 4.26. The Bertz CT molecular complexity index is 317. The molecule has 0 spiro atoms. The minimum Gasteiger partial charge on any atom is -0.351 e. The van der Waals surface area contributed by atoms with E-state index in [4.69, 9.17) is 0 Å². The number of carbonyl (C=O) groups is 4. The largest absolute Gasteiger partial charge is 0.351 e. The Morgan fingerprint density at radius 3 is 1.69 bits per heavy atom. The number of hydrogen-bond donors (Lipinski definition) is 3. The highest BCUT2D eigenvalue weighted by Crippen LogP contribution is 2.02. The fourth-order valence-electron chi connectivity index (χ4n) is 0.861. The van der Waals surface area contributed by atoms with E-state index < -0.39 is 12.1 Å². The summed E-state index contributed by atoms with van der Waals surface area (Å²) in [4.78, 5) is 43.1. The van der Waals surface area contributed by atoms with Crippen LogP contribution in [0.4, 0.5) is 14.4 Å². The third-order valence-electron chi connectivity index (χ3n) is 1.61. The second-order valence-electron chi connectivity index (χ2n) is 2.94. The summed E-state index contributed by atoms with van der Waals surface area (Å²) >= 11 is 0. The molecule has 1 aliphatic rings. The summed E-state index contributed by atoms with van der Waals surface area (Å²) in [6.07, 6.45) is 0. The lowest BCUT2D eigenvalue weighted by molar-refractivity contribution is -0.124. The van der Waals surface area contributed by atoms with Gasteiger partial charge in [0, 0.05) is 14.1 Å². The first-order chi connectivity index (χ1) is 7.25. The topological polar surface area (TPSA) is 139 Å². The van der Waals surface area contributed by atoms with Gasteiger partial charge in [-0.25, -0.2) is 14.4 Å². The van der Waals surface area contributed by atoms with Crippen LogP contribution in [0.1, 0.15) is 0 Å². The first-order valence-electron chi connectivity index (χ1n) is 4.13. The quantitative estimate of drug-likeness (QED) is 0.425. The van der Waals surface area contributed by atoms with Crippen LogP contribution in [0.3, 0.4) is 0 Å². The smallest absolute Gasteiger partial charge is 0.326 e. The fraction of sp³-hybridized carbons (Fsp3) is 0.429. The van der Waals surface area contributed by atoms with E-state index in [0.717, 1.165) is 4.90 Å². The van der Waals surface area contributed by atoms with Gasteiger partial charge in [0.1, 0.15) is 6.54 Å². The Balaban J connectivity index is 0.000000293. The van der Waals surface area contributed by atoms with E-state index in [2.05, 4.69) is 11.5 Å². The van der Waals surface area contributed by atoms with Gasteiger partial charge in [0.25, 0.3) is 0 Å². The van der Waals surface area contributed by atoms with E-state index in [9.17, 15) is 19.2 Å². The van der Waals surface area contributed by atoms with Gasteiger partial charge < -0.3 is 16.4 Å². The van der Waals surface area contributed by atoms with Crippen LogP contribution in [0.5, 0.6) is 0 Å². The zero-order valence-corrected chi connectivity index (χ0v) is 8.89. The molecule has 90 valence electrons. The fourth-order valence-corrected chi connectivity index (χ4v) is 0.861. The van der Waals surface area contributed by atoms with Gasteiger partial charge >= 0.3 is 18.1 Å². The zero-order valence-electron chi connectivity index (χ0n) is 8.89. The molecule has 9 nitrogen and oxygen atoms in total. The van der Waals surface area contributed by atoms with Crippen LogP contribution in [-0.4, -0.2) is 54.4 Å². The first kappa shape index (κ1) is 13.7. The molecule has 7 amide bonds. The standard InChI is InChI=1S/C5H8N2O2.C2H5N3O2/c1-6-3-4(8)7(2)5(6)9;3-1(6)5-2(4)7/h3H2,1-2H3;(H5,3,4,5,6,7). The average molecular weight is 231 g/mol. The number of amides is 7. The number of carbonyl (C=O) groups excluding carboxylic acids is 4. The second kappa shape index (κ2) is 5.53. The average Bonchev–Trinajstić information content (AvgIpc) is 2.32. The molecule has 16 heavy (non-hydrogen) atoms. The Morgan fingerprint density at radius 1 is 1.19 bits per heavy atom. The van der Waals surface area contributed by atoms with Crippen LogP contribution in [0.15, 0.2) is 0 Å². The van der Waals surface area contributed by atoms with Crippen molar-refractivity contribution in [1.29, 1.82) is 0 Å². The molecule has 0 saturated carbocycles. The molecule has 9 heteroatoms. The number of nitrogens with two attached hydrogens (primary N) is 2. The number of nitrogens with one attached hydrogen (secondary N) is 1. The minimum absolute atomic E-state index is 0.137. The Kier molecular flexibility index (Phi) is 4.73. The number of imide groups is 2. The molecular formula is C7H13N5O4. The van der Waals surface area contributed by atoms with Gasteiger partial charge in [-0.1, -0.05) is 0 Å². The van der Waals surface area contributed by atoms with E-state index in [1.54, 1.807) is 12.4 Å². The minimum atomic E-state index is -0.938. The van der Waals surface area contributed by atoms with Crippen LogP contribution >= 0.6 is 0 Å². The molecule has 1 rings (SSSR count). The monoisotopic (exact) mass is 231 g/mol. The van der Waals surface area contributed by atoms with Crippen molar-refractivity contribution in [2.75, 3.05) is 20.6 Å². The number of primary amides is 2. The molecule has 0 aromatic heterocycles. The van der Waals surface area contributed by atoms with Crippen LogP contribution in [-0.2, 0) is 4.79 Å². The van der Waals surface area contributed by atoms with Crippen molar-refractivity contribution in [3.05, 3.63) is 0 Å². The molecular weight excluding hydrogens is 218 g/mol. The molecule has 1 fully saturated rings. The summed E-state index contributed by atoms with van der Waals surface area (Å²) in [6.45, 7) is 0.218. The number of rotatable bonds is 0. The maximum atomic E-state index is 10.7. The van der Waals surface area contributed by atoms with Crippen LogP contribution in [0, 0.1) is 0 Å². The molecule has 1 heterocycles. The van der Waals surface area contributed by atoms with Crippen molar-refractivity contribution in [3.8, 4) is 0 Å². The Hall–Kier alpha value is -2.32. The lowest BCUT2D eigenvalue weighted by atomic mass is 10.6. The van der Waals surface area contributed by atoms with Crippen molar-refractivity contribution in [3.63, 3.8) is 0 Å². The maximum absolute atomic E-state index is 10.7. The maximum Gasteiger partial charge on any atom is 0.326 e. The van der Waals surface area contributed by atoms with E-state index in [1.807, 2.05) is 0 Å². The molecule has 0 radical (unpaired) electrons. The number of hydrogen-bond acceptors (Lipinski definition) is 4. The molecule has 0 unspecified atom stereocenters. The number of nitrogens with zero attached hydrogens (tertiary/aromatic N) is 2. The number of likely N-dealkylation sites (N-methyl/N-ethyl adjacent to an activating group) is 2. The SMILES string of the molecule is CN1CC(=O)N(C)C1=O.NC(=O)NC(N)=O. The van der Waals surface area contributed by atoms with Crippen molar-refractivity contribution < 1.29 is 19.2 Å². The first-order valence-corrected chi connectivity index (χ1v) is 4.13. The Labute approximate surface area is 91.3 Å². The van der Waals surface area contributed by atoms with Crippen molar-refractivity contribution in [2.24, 2.45) is 11.5 Å². The van der Waals surface area contributed by atoms with Gasteiger partial charge in [-0.2, -0.15) is 0 Å². The summed E-state index contributed by atoms with van der Waals surface area (Å²) in [5.74, 6) is -0.137. The third-order valence-corrected chi connectivity index (χ3v) is 1.61. The van der Waals surface area contributed by atoms with E-state index >= 15 is 0 Å². The lowest BCUT2D eigenvalue weighted by Gasteiger charge is -2.05. The molecule has 0 bridgehead atoms. The van der Waals surface area contributed by atoms with Crippen LogP contribution in [0.25, 0.3) is 0 Å². The van der Waals surface area contributed by atoms with Gasteiger partial charge in [0.05, 0.1) is 0 Å². The van der Waals surface area contributed by atoms with Gasteiger partial charge in [0.2, 0.25) is 5.91 Å². The lowest BCUT2D eigenvalue weighted by Crippen LogP contribution is -2.38. The van der Waals surface area contributed by atoms with Gasteiger partial charge in [-0.05, 0) is 0 Å². The van der Waals surface area contributed by atoms with Gasteiger partial charge in [0.15, 0.2) is 0 Å². The van der Waals surface area contributed by atoms with E-state index in [1.165, 1.54) is 11.9 Å². The summed E-state index contributed by atoms with van der Waals surface area (Å²) in [6, 6.07) is -2.10. The van der Waals surface area contributed by atoms with Crippen LogP contribution < -0.4 is 16.8 Å². The highest BCUT2D eigenvalue weighted by molar-refractivity contribution is 6.01. The van der Waals surface area contributed by atoms with E-state index in [0.29, 0.717) is 0 Å². The number of urea groups is 3. The van der Waals surface area contributed by atoms with Gasteiger partial charge in [-0.15, -0.1) is 0 Å². The summed E-state index contributed by atoms with van der Waals surface area (Å²) in [7, 11) is 3.08. The predicted molar refractivity (Wildman–Crippen MR) is 53.1 cm³/mol. The molecule has 0 aliphatic carbocycles. The molecule has 0 aromatic rings. The van der Waals surface area contributed by atoms with Gasteiger partial charge in [-0.3, -0.25) is 15.0 Å². The van der Waals surface area contributed by atoms with E-state index in [-0.39, 0.29) is 18.5 Å². The molecule has 1 saturated heterocycles. The van der Waals surface area contributed by atoms with Crippen LogP contribution in [0.2, 0.25) is 0 Å². The predicted octanol–water partition coefficient (Wildman–Crippen LogP) is -1.76. The molecule has 0 aromatic carbocycles. The highest BCUT2D eigenvalue weighted by Gasteiger charge is 2.29. The molecule has 5 N–H and O–H groups in total. The summed E-state index contributed by atoms with van der Waals surface area (Å²) in [5, 5.41) is 1.58. The second-order valence-corrected chi connectivity index (χ2v) is 2.94. The summed E-state index contributed by atoms with van der Waals surface area (Å²) < 4.78 is 0. The highest BCUT2D eigenvalue weighted by atomic mass is 16.2.